The zero-order valence-corrected chi connectivity index (χ0v) is 11.8. The molecular formula is C15H9BrF2O2. The van der Waals surface area contributed by atoms with Gasteiger partial charge in [0.25, 0.3) is 0 Å². The Bertz CT molecular complexity index is 700. The van der Waals surface area contributed by atoms with E-state index >= 15 is 0 Å². The molecule has 2 aromatic rings. The Morgan fingerprint density at radius 2 is 1.90 bits per heavy atom. The zero-order valence-electron chi connectivity index (χ0n) is 10.2. The summed E-state index contributed by atoms with van der Waals surface area (Å²) >= 11 is 3.30. The zero-order chi connectivity index (χ0) is 14.3. The second-order valence-corrected chi connectivity index (χ2v) is 5.49. The van der Waals surface area contributed by atoms with Crippen LogP contribution in [-0.2, 0) is 11.2 Å². The molecule has 0 bridgehead atoms. The molecule has 1 atom stereocenters. The number of hydrogen-bond donors (Lipinski definition) is 0. The Morgan fingerprint density at radius 3 is 2.65 bits per heavy atom. The molecule has 0 saturated carbocycles. The molecule has 0 radical (unpaired) electrons. The van der Waals surface area contributed by atoms with Crippen LogP contribution < -0.4 is 0 Å². The number of esters is 1. The Balaban J connectivity index is 1.90. The predicted octanol–water partition coefficient (Wildman–Crippen LogP) is 4.18. The summed E-state index contributed by atoms with van der Waals surface area (Å²) in [4.78, 5) is 11.8. The molecule has 0 amide bonds. The van der Waals surface area contributed by atoms with Gasteiger partial charge in [0.1, 0.15) is 6.10 Å². The first-order valence-electron chi connectivity index (χ1n) is 5.99. The third kappa shape index (κ3) is 2.33. The largest absolute Gasteiger partial charge is 0.454 e. The summed E-state index contributed by atoms with van der Waals surface area (Å²) in [5.74, 6) is -2.18. The Labute approximate surface area is 122 Å². The molecule has 0 aromatic heterocycles. The van der Waals surface area contributed by atoms with E-state index in [1.807, 2.05) is 6.07 Å². The van der Waals surface area contributed by atoms with E-state index < -0.39 is 23.7 Å². The maximum absolute atomic E-state index is 13.2. The number of carbonyl (C=O) groups excluding carboxylic acids is 1. The van der Waals surface area contributed by atoms with E-state index in [0.717, 1.165) is 22.2 Å². The van der Waals surface area contributed by atoms with E-state index in [1.165, 1.54) is 6.07 Å². The Hall–Kier alpha value is -1.75. The van der Waals surface area contributed by atoms with Gasteiger partial charge < -0.3 is 4.74 Å². The van der Waals surface area contributed by atoms with Gasteiger partial charge >= 0.3 is 5.97 Å². The van der Waals surface area contributed by atoms with E-state index in [0.29, 0.717) is 17.5 Å². The highest BCUT2D eigenvalue weighted by atomic mass is 79.9. The molecule has 20 heavy (non-hydrogen) atoms. The van der Waals surface area contributed by atoms with E-state index in [4.69, 9.17) is 4.74 Å². The van der Waals surface area contributed by atoms with Gasteiger partial charge in [-0.25, -0.2) is 13.6 Å². The Morgan fingerprint density at radius 1 is 1.10 bits per heavy atom. The minimum atomic E-state index is -0.900. The SMILES string of the molecule is O=C1OC(Cc2ccc(F)c(F)c2)c2ccc(Br)cc21. The molecule has 1 aliphatic heterocycles. The number of rotatable bonds is 2. The summed E-state index contributed by atoms with van der Waals surface area (Å²) in [6, 6.07) is 9.00. The van der Waals surface area contributed by atoms with Crippen LogP contribution in [0.4, 0.5) is 8.78 Å². The summed E-state index contributed by atoms with van der Waals surface area (Å²) in [7, 11) is 0. The molecule has 2 nitrogen and oxygen atoms in total. The third-order valence-corrected chi connectivity index (χ3v) is 3.73. The molecule has 1 aliphatic rings. The van der Waals surface area contributed by atoms with Crippen molar-refractivity contribution in [1.29, 1.82) is 0 Å². The molecule has 0 N–H and O–H groups in total. The minimum Gasteiger partial charge on any atom is -0.454 e. The number of benzene rings is 2. The second kappa shape index (κ2) is 4.98. The van der Waals surface area contributed by atoms with Gasteiger partial charge in [-0.15, -0.1) is 0 Å². The summed E-state index contributed by atoms with van der Waals surface area (Å²) in [5, 5.41) is 0. The van der Waals surface area contributed by atoms with Crippen LogP contribution in [0.25, 0.3) is 0 Å². The molecular weight excluding hydrogens is 330 g/mol. The molecule has 0 aliphatic carbocycles. The van der Waals surface area contributed by atoms with E-state index in [2.05, 4.69) is 15.9 Å². The average molecular weight is 339 g/mol. The van der Waals surface area contributed by atoms with Crippen LogP contribution in [-0.4, -0.2) is 5.97 Å². The fraction of sp³-hybridized carbons (Fsp3) is 0.133. The number of hydrogen-bond acceptors (Lipinski definition) is 2. The molecule has 0 spiro atoms. The monoisotopic (exact) mass is 338 g/mol. The second-order valence-electron chi connectivity index (χ2n) is 4.58. The van der Waals surface area contributed by atoms with Crippen LogP contribution in [0.15, 0.2) is 40.9 Å². The van der Waals surface area contributed by atoms with Crippen molar-refractivity contribution in [3.63, 3.8) is 0 Å². The normalized spacial score (nSPS) is 16.9. The van der Waals surface area contributed by atoms with Crippen LogP contribution in [0.1, 0.15) is 27.6 Å². The van der Waals surface area contributed by atoms with Crippen molar-refractivity contribution in [2.24, 2.45) is 0 Å². The van der Waals surface area contributed by atoms with Crippen LogP contribution in [0.5, 0.6) is 0 Å². The molecule has 0 saturated heterocycles. The smallest absolute Gasteiger partial charge is 0.339 e. The van der Waals surface area contributed by atoms with Crippen molar-refractivity contribution in [3.8, 4) is 0 Å². The first-order valence-corrected chi connectivity index (χ1v) is 6.78. The number of halogens is 3. The van der Waals surface area contributed by atoms with Gasteiger partial charge in [0, 0.05) is 16.5 Å². The quantitative estimate of drug-likeness (QED) is 0.768. The van der Waals surface area contributed by atoms with Crippen molar-refractivity contribution in [3.05, 3.63) is 69.2 Å². The maximum atomic E-state index is 13.2. The van der Waals surface area contributed by atoms with Gasteiger partial charge in [0.05, 0.1) is 5.56 Å². The average Bonchev–Trinajstić information content (AvgIpc) is 2.70. The lowest BCUT2D eigenvalue weighted by atomic mass is 9.99. The molecule has 0 fully saturated rings. The van der Waals surface area contributed by atoms with Gasteiger partial charge in [-0.3, -0.25) is 0 Å². The van der Waals surface area contributed by atoms with E-state index in [9.17, 15) is 13.6 Å². The van der Waals surface area contributed by atoms with Crippen molar-refractivity contribution < 1.29 is 18.3 Å². The van der Waals surface area contributed by atoms with Crippen LogP contribution in [0.3, 0.4) is 0 Å². The lowest BCUT2D eigenvalue weighted by Crippen LogP contribution is -2.03. The fourth-order valence-corrected chi connectivity index (χ4v) is 2.64. The molecule has 3 rings (SSSR count). The van der Waals surface area contributed by atoms with Crippen molar-refractivity contribution in [2.75, 3.05) is 0 Å². The van der Waals surface area contributed by atoms with Crippen LogP contribution >= 0.6 is 15.9 Å². The maximum Gasteiger partial charge on any atom is 0.339 e. The summed E-state index contributed by atoms with van der Waals surface area (Å²) in [5.41, 5.74) is 1.85. The van der Waals surface area contributed by atoms with Crippen molar-refractivity contribution >= 4 is 21.9 Å². The van der Waals surface area contributed by atoms with E-state index in [-0.39, 0.29) is 0 Å². The lowest BCUT2D eigenvalue weighted by Gasteiger charge is -2.11. The molecule has 5 heteroatoms. The van der Waals surface area contributed by atoms with Crippen molar-refractivity contribution in [1.82, 2.24) is 0 Å². The summed E-state index contributed by atoms with van der Waals surface area (Å²) in [6.45, 7) is 0. The molecule has 1 heterocycles. The number of fused-ring (bicyclic) bond motifs is 1. The first kappa shape index (κ1) is 13.2. The summed E-state index contributed by atoms with van der Waals surface area (Å²) < 4.78 is 32.2. The predicted molar refractivity (Wildman–Crippen MR) is 72.4 cm³/mol. The molecule has 102 valence electrons. The van der Waals surface area contributed by atoms with Crippen LogP contribution in [0, 0.1) is 11.6 Å². The molecule has 1 unspecified atom stereocenters. The van der Waals surface area contributed by atoms with Gasteiger partial charge in [0.15, 0.2) is 11.6 Å². The standard InChI is InChI=1S/C15H9BrF2O2/c16-9-2-3-10-11(7-9)15(19)20-14(10)6-8-1-4-12(17)13(18)5-8/h1-5,7,14H,6H2. The summed E-state index contributed by atoms with van der Waals surface area (Å²) in [6.07, 6.45) is -0.145. The highest BCUT2D eigenvalue weighted by Gasteiger charge is 2.31. The van der Waals surface area contributed by atoms with Gasteiger partial charge in [-0.05, 0) is 29.8 Å². The van der Waals surface area contributed by atoms with Gasteiger partial charge in [-0.1, -0.05) is 28.1 Å². The van der Waals surface area contributed by atoms with Crippen LogP contribution in [0.2, 0.25) is 0 Å². The highest BCUT2D eigenvalue weighted by Crippen LogP contribution is 2.34. The number of cyclic esters (lactones) is 1. The van der Waals surface area contributed by atoms with Crippen molar-refractivity contribution in [2.45, 2.75) is 12.5 Å². The third-order valence-electron chi connectivity index (χ3n) is 3.24. The highest BCUT2D eigenvalue weighted by molar-refractivity contribution is 9.10. The first-order chi connectivity index (χ1) is 9.54. The number of carbonyl (C=O) groups is 1. The lowest BCUT2D eigenvalue weighted by molar-refractivity contribution is 0.0387. The van der Waals surface area contributed by atoms with Gasteiger partial charge in [0.2, 0.25) is 0 Å². The fourth-order valence-electron chi connectivity index (χ4n) is 2.27. The molecule has 2 aromatic carbocycles. The van der Waals surface area contributed by atoms with E-state index in [1.54, 1.807) is 12.1 Å². The Kier molecular flexibility index (Phi) is 3.30. The minimum absolute atomic E-state index is 0.317. The topological polar surface area (TPSA) is 26.3 Å². The number of ether oxygens (including phenoxy) is 1. The van der Waals surface area contributed by atoms with Gasteiger partial charge in [-0.2, -0.15) is 0 Å².